The number of hydrogen-bond acceptors (Lipinski definition) is 6. The van der Waals surface area contributed by atoms with Crippen LogP contribution in [0.5, 0.6) is 11.5 Å². The maximum Gasteiger partial charge on any atom is 0.257 e. The first-order chi connectivity index (χ1) is 11.8. The summed E-state index contributed by atoms with van der Waals surface area (Å²) in [7, 11) is 0. The molecule has 1 fully saturated rings. The topological polar surface area (TPSA) is 72.5 Å². The van der Waals surface area contributed by atoms with Crippen molar-refractivity contribution in [2.24, 2.45) is 0 Å². The summed E-state index contributed by atoms with van der Waals surface area (Å²) in [6.45, 7) is 3.13. The van der Waals surface area contributed by atoms with E-state index >= 15 is 0 Å². The van der Waals surface area contributed by atoms with Crippen molar-refractivity contribution in [3.8, 4) is 11.5 Å². The van der Waals surface area contributed by atoms with E-state index in [2.05, 4.69) is 15.6 Å². The van der Waals surface area contributed by atoms with Gasteiger partial charge in [-0.05, 0) is 50.0 Å². The molecule has 126 valence electrons. The number of ether oxygens (including phenoxy) is 2. The number of rotatable bonds is 3. The third-order valence-corrected chi connectivity index (χ3v) is 5.37. The number of carbonyl (C=O) groups excluding carboxylic acids is 1. The van der Waals surface area contributed by atoms with Gasteiger partial charge in [0.05, 0.1) is 0 Å². The number of carbonyl (C=O) groups is 1. The zero-order valence-electron chi connectivity index (χ0n) is 13.2. The minimum atomic E-state index is -0.182. The zero-order valence-corrected chi connectivity index (χ0v) is 14.0. The fourth-order valence-corrected chi connectivity index (χ4v) is 3.97. The molecule has 1 amide bonds. The second-order valence-electron chi connectivity index (χ2n) is 5.90. The van der Waals surface area contributed by atoms with Gasteiger partial charge in [0.15, 0.2) is 16.6 Å². The first-order valence-corrected chi connectivity index (χ1v) is 8.99. The number of piperidine rings is 1. The molecule has 1 aromatic carbocycles. The molecular weight excluding hydrogens is 326 g/mol. The summed E-state index contributed by atoms with van der Waals surface area (Å²) >= 11 is 1.56. The van der Waals surface area contributed by atoms with Crippen LogP contribution in [0.3, 0.4) is 0 Å². The van der Waals surface area contributed by atoms with E-state index in [1.807, 2.05) is 6.20 Å². The fourth-order valence-electron chi connectivity index (χ4n) is 2.99. The molecule has 0 spiro atoms. The highest BCUT2D eigenvalue weighted by atomic mass is 32.1. The van der Waals surface area contributed by atoms with Crippen LogP contribution in [0.1, 0.15) is 34.0 Å². The van der Waals surface area contributed by atoms with Gasteiger partial charge >= 0.3 is 0 Å². The quantitative estimate of drug-likeness (QED) is 0.895. The number of nitrogens with one attached hydrogen (secondary N) is 2. The van der Waals surface area contributed by atoms with E-state index in [9.17, 15) is 4.79 Å². The van der Waals surface area contributed by atoms with Gasteiger partial charge in [-0.25, -0.2) is 4.98 Å². The van der Waals surface area contributed by atoms with E-state index in [-0.39, 0.29) is 5.91 Å². The number of benzene rings is 1. The van der Waals surface area contributed by atoms with Gasteiger partial charge in [-0.3, -0.25) is 10.1 Å². The Morgan fingerprint density at radius 1 is 1.21 bits per heavy atom. The van der Waals surface area contributed by atoms with E-state index in [0.717, 1.165) is 25.9 Å². The fraction of sp³-hybridized carbons (Fsp3) is 0.412. The molecule has 0 unspecified atom stereocenters. The number of aromatic nitrogens is 1. The predicted molar refractivity (Wildman–Crippen MR) is 92.3 cm³/mol. The summed E-state index contributed by atoms with van der Waals surface area (Å²) < 4.78 is 11.0. The van der Waals surface area contributed by atoms with Gasteiger partial charge in [0.25, 0.3) is 5.91 Å². The first kappa shape index (κ1) is 15.4. The molecule has 2 aliphatic rings. The van der Waals surface area contributed by atoms with Crippen LogP contribution >= 0.6 is 11.3 Å². The SMILES string of the molecule is O=C(Nc1ncc(C2CCNCC2)s1)c1ccc2c(c1)OCCO2. The smallest absolute Gasteiger partial charge is 0.257 e. The van der Waals surface area contributed by atoms with E-state index in [1.54, 1.807) is 29.5 Å². The molecule has 6 nitrogen and oxygen atoms in total. The number of hydrogen-bond donors (Lipinski definition) is 2. The third-order valence-electron chi connectivity index (χ3n) is 4.29. The van der Waals surface area contributed by atoms with Crippen molar-refractivity contribution in [2.45, 2.75) is 18.8 Å². The highest BCUT2D eigenvalue weighted by molar-refractivity contribution is 7.15. The Bertz CT molecular complexity index is 740. The number of anilines is 1. The Hall–Kier alpha value is -2.12. The van der Waals surface area contributed by atoms with Gasteiger partial charge < -0.3 is 14.8 Å². The number of amides is 1. The molecule has 0 atom stereocenters. The Morgan fingerprint density at radius 3 is 2.83 bits per heavy atom. The lowest BCUT2D eigenvalue weighted by molar-refractivity contribution is 0.102. The van der Waals surface area contributed by atoms with Crippen LogP contribution in [0.2, 0.25) is 0 Å². The van der Waals surface area contributed by atoms with Crippen LogP contribution in [0.4, 0.5) is 5.13 Å². The molecule has 2 N–H and O–H groups in total. The van der Waals surface area contributed by atoms with E-state index in [4.69, 9.17) is 9.47 Å². The molecule has 7 heteroatoms. The lowest BCUT2D eigenvalue weighted by Gasteiger charge is -2.20. The summed E-state index contributed by atoms with van der Waals surface area (Å²) in [5.74, 6) is 1.66. The summed E-state index contributed by atoms with van der Waals surface area (Å²) in [6.07, 6.45) is 4.13. The molecule has 24 heavy (non-hydrogen) atoms. The van der Waals surface area contributed by atoms with Crippen molar-refractivity contribution >= 4 is 22.4 Å². The highest BCUT2D eigenvalue weighted by Crippen LogP contribution is 2.33. The molecule has 0 bridgehead atoms. The number of thiazole rings is 1. The van der Waals surface area contributed by atoms with Crippen molar-refractivity contribution < 1.29 is 14.3 Å². The lowest BCUT2D eigenvalue weighted by atomic mass is 9.97. The van der Waals surface area contributed by atoms with Crippen molar-refractivity contribution in [2.75, 3.05) is 31.6 Å². The first-order valence-electron chi connectivity index (χ1n) is 8.17. The normalized spacial score (nSPS) is 17.5. The molecule has 0 aliphatic carbocycles. The Balaban J connectivity index is 1.45. The predicted octanol–water partition coefficient (Wildman–Crippen LogP) is 2.63. The van der Waals surface area contributed by atoms with Gasteiger partial charge in [-0.2, -0.15) is 0 Å². The summed E-state index contributed by atoms with van der Waals surface area (Å²) in [5, 5.41) is 6.89. The minimum Gasteiger partial charge on any atom is -0.486 e. The van der Waals surface area contributed by atoms with Gasteiger partial charge in [-0.15, -0.1) is 11.3 Å². The second-order valence-corrected chi connectivity index (χ2v) is 6.97. The van der Waals surface area contributed by atoms with Crippen molar-refractivity contribution in [1.29, 1.82) is 0 Å². The minimum absolute atomic E-state index is 0.182. The van der Waals surface area contributed by atoms with Gasteiger partial charge in [0.1, 0.15) is 13.2 Å². The van der Waals surface area contributed by atoms with E-state index in [0.29, 0.717) is 41.3 Å². The molecule has 0 saturated carbocycles. The van der Waals surface area contributed by atoms with Crippen LogP contribution in [0.25, 0.3) is 0 Å². The highest BCUT2D eigenvalue weighted by Gasteiger charge is 2.19. The van der Waals surface area contributed by atoms with Crippen LogP contribution in [-0.4, -0.2) is 37.2 Å². The van der Waals surface area contributed by atoms with E-state index < -0.39 is 0 Å². The third kappa shape index (κ3) is 3.22. The molecule has 1 aromatic heterocycles. The summed E-state index contributed by atoms with van der Waals surface area (Å²) in [4.78, 5) is 18.0. The summed E-state index contributed by atoms with van der Waals surface area (Å²) in [5.41, 5.74) is 0.540. The number of nitrogens with zero attached hydrogens (tertiary/aromatic N) is 1. The molecule has 0 radical (unpaired) electrons. The van der Waals surface area contributed by atoms with Gasteiger partial charge in [0, 0.05) is 16.6 Å². The Labute approximate surface area is 144 Å². The lowest BCUT2D eigenvalue weighted by Crippen LogP contribution is -2.26. The largest absolute Gasteiger partial charge is 0.486 e. The Kier molecular flexibility index (Phi) is 4.36. The maximum atomic E-state index is 12.4. The van der Waals surface area contributed by atoms with Crippen molar-refractivity contribution in [1.82, 2.24) is 10.3 Å². The monoisotopic (exact) mass is 345 g/mol. The Morgan fingerprint density at radius 2 is 2.00 bits per heavy atom. The molecule has 1 saturated heterocycles. The van der Waals surface area contributed by atoms with Crippen LogP contribution < -0.4 is 20.1 Å². The zero-order chi connectivity index (χ0) is 16.4. The molecule has 3 heterocycles. The van der Waals surface area contributed by atoms with Crippen molar-refractivity contribution in [3.63, 3.8) is 0 Å². The molecule has 2 aromatic rings. The average Bonchev–Trinajstić information content (AvgIpc) is 3.10. The molecule has 4 rings (SSSR count). The maximum absolute atomic E-state index is 12.4. The standard InChI is InChI=1S/C17H19N3O3S/c21-16(12-1-2-13-14(9-12)23-8-7-22-13)20-17-19-10-15(24-17)11-3-5-18-6-4-11/h1-2,9-11,18H,3-8H2,(H,19,20,21). The average molecular weight is 345 g/mol. The summed E-state index contributed by atoms with van der Waals surface area (Å²) in [6, 6.07) is 5.22. The van der Waals surface area contributed by atoms with Crippen LogP contribution in [0, 0.1) is 0 Å². The van der Waals surface area contributed by atoms with E-state index in [1.165, 1.54) is 4.88 Å². The molecule has 2 aliphatic heterocycles. The second kappa shape index (κ2) is 6.78. The molecular formula is C17H19N3O3S. The van der Waals surface area contributed by atoms with Crippen LogP contribution in [-0.2, 0) is 0 Å². The van der Waals surface area contributed by atoms with Gasteiger partial charge in [-0.1, -0.05) is 0 Å². The van der Waals surface area contributed by atoms with Crippen molar-refractivity contribution in [3.05, 3.63) is 34.8 Å². The number of fused-ring (bicyclic) bond motifs is 1. The van der Waals surface area contributed by atoms with Crippen LogP contribution in [0.15, 0.2) is 24.4 Å². The van der Waals surface area contributed by atoms with Gasteiger partial charge in [0.2, 0.25) is 0 Å².